The minimum absolute atomic E-state index is 0.213. The van der Waals surface area contributed by atoms with E-state index in [4.69, 9.17) is 11.6 Å². The molecule has 0 aliphatic rings. The van der Waals surface area contributed by atoms with Crippen molar-refractivity contribution >= 4 is 38.9 Å². The second kappa shape index (κ2) is 9.10. The summed E-state index contributed by atoms with van der Waals surface area (Å²) in [6.45, 7) is 6.42. The molecule has 0 saturated heterocycles. The molecule has 146 valence electrons. The highest BCUT2D eigenvalue weighted by Crippen LogP contribution is 2.21. The highest BCUT2D eigenvalue weighted by atomic mass is 35.5. The van der Waals surface area contributed by atoms with E-state index in [0.29, 0.717) is 6.54 Å². The molecule has 0 radical (unpaired) electrons. The number of sulfonamides is 1. The Bertz CT molecular complexity index is 895. The van der Waals surface area contributed by atoms with Crippen LogP contribution in [0.2, 0.25) is 5.02 Å². The van der Waals surface area contributed by atoms with Gasteiger partial charge in [0.2, 0.25) is 10.0 Å². The largest absolute Gasteiger partial charge is 0.372 e. The molecule has 0 bridgehead atoms. The predicted octanol–water partition coefficient (Wildman–Crippen LogP) is 3.49. The molecule has 2 aromatic carbocycles. The zero-order valence-electron chi connectivity index (χ0n) is 15.6. The summed E-state index contributed by atoms with van der Waals surface area (Å²) in [6.07, 6.45) is 1.04. The van der Waals surface area contributed by atoms with Crippen LogP contribution in [0.4, 0.5) is 11.4 Å². The fourth-order valence-corrected chi connectivity index (χ4v) is 3.43. The van der Waals surface area contributed by atoms with Crippen LogP contribution in [0.5, 0.6) is 0 Å². The van der Waals surface area contributed by atoms with E-state index >= 15 is 0 Å². The maximum atomic E-state index is 12.4. The highest BCUT2D eigenvalue weighted by molar-refractivity contribution is 7.92. The van der Waals surface area contributed by atoms with Crippen molar-refractivity contribution in [1.29, 1.82) is 0 Å². The Kier molecular flexibility index (Phi) is 7.10. The molecule has 0 aromatic heterocycles. The Morgan fingerprint density at radius 3 is 2.26 bits per heavy atom. The Morgan fingerprint density at radius 2 is 1.70 bits per heavy atom. The zero-order chi connectivity index (χ0) is 20.0. The summed E-state index contributed by atoms with van der Waals surface area (Å²) in [4.78, 5) is 14.7. The summed E-state index contributed by atoms with van der Waals surface area (Å²) < 4.78 is 25.0. The average Bonchev–Trinajstić information content (AvgIpc) is 2.62. The normalized spacial score (nSPS) is 11.1. The van der Waals surface area contributed by atoms with E-state index in [-0.39, 0.29) is 22.2 Å². The van der Waals surface area contributed by atoms with Crippen LogP contribution in [-0.2, 0) is 16.6 Å². The van der Waals surface area contributed by atoms with Crippen LogP contribution in [0.3, 0.4) is 0 Å². The summed E-state index contributed by atoms with van der Waals surface area (Å²) in [5.41, 5.74) is 2.60. The Hall–Kier alpha value is -2.25. The maximum absolute atomic E-state index is 12.4. The van der Waals surface area contributed by atoms with Gasteiger partial charge in [0, 0.05) is 31.0 Å². The number of carbonyl (C=O) groups is 1. The van der Waals surface area contributed by atoms with Crippen LogP contribution in [0.25, 0.3) is 0 Å². The summed E-state index contributed by atoms with van der Waals surface area (Å²) in [5.74, 6) is -0.370. The van der Waals surface area contributed by atoms with E-state index in [0.717, 1.165) is 30.6 Å². The average molecular weight is 410 g/mol. The van der Waals surface area contributed by atoms with Crippen molar-refractivity contribution in [3.05, 3.63) is 58.6 Å². The molecule has 0 spiro atoms. The summed E-state index contributed by atoms with van der Waals surface area (Å²) in [5, 5.41) is 3.06. The maximum Gasteiger partial charge on any atom is 0.253 e. The second-order valence-electron chi connectivity index (χ2n) is 6.09. The number of nitrogens with zero attached hydrogens (tertiary/aromatic N) is 1. The van der Waals surface area contributed by atoms with E-state index in [1.165, 1.54) is 18.2 Å². The molecule has 0 atom stereocenters. The van der Waals surface area contributed by atoms with Gasteiger partial charge in [0.1, 0.15) is 0 Å². The van der Waals surface area contributed by atoms with Crippen LogP contribution in [0.15, 0.2) is 42.5 Å². The first-order chi connectivity index (χ1) is 12.7. The summed E-state index contributed by atoms with van der Waals surface area (Å²) >= 11 is 6.09. The SMILES string of the molecule is CCN(CC)c1ccc(CNC(=O)c2cc(NS(C)(=O)=O)ccc2Cl)cc1. The Balaban J connectivity index is 2.06. The van der Waals surface area contributed by atoms with Crippen LogP contribution < -0.4 is 14.9 Å². The first-order valence-corrected chi connectivity index (χ1v) is 10.9. The van der Waals surface area contributed by atoms with Crippen molar-refractivity contribution in [2.45, 2.75) is 20.4 Å². The van der Waals surface area contributed by atoms with Crippen molar-refractivity contribution in [3.63, 3.8) is 0 Å². The number of hydrogen-bond donors (Lipinski definition) is 2. The molecular weight excluding hydrogens is 386 g/mol. The molecule has 0 saturated carbocycles. The number of carbonyl (C=O) groups excluding carboxylic acids is 1. The van der Waals surface area contributed by atoms with E-state index in [1.54, 1.807) is 0 Å². The van der Waals surface area contributed by atoms with Crippen LogP contribution >= 0.6 is 11.6 Å². The van der Waals surface area contributed by atoms with Crippen LogP contribution in [-0.4, -0.2) is 33.7 Å². The monoisotopic (exact) mass is 409 g/mol. The molecule has 27 heavy (non-hydrogen) atoms. The van der Waals surface area contributed by atoms with Gasteiger partial charge in [-0.3, -0.25) is 9.52 Å². The van der Waals surface area contributed by atoms with Crippen molar-refractivity contribution in [3.8, 4) is 0 Å². The van der Waals surface area contributed by atoms with Crippen molar-refractivity contribution < 1.29 is 13.2 Å². The topological polar surface area (TPSA) is 78.5 Å². The van der Waals surface area contributed by atoms with Crippen molar-refractivity contribution in [1.82, 2.24) is 5.32 Å². The van der Waals surface area contributed by atoms with E-state index in [1.807, 2.05) is 24.3 Å². The molecule has 2 N–H and O–H groups in total. The first-order valence-electron chi connectivity index (χ1n) is 8.63. The summed E-state index contributed by atoms with van der Waals surface area (Å²) in [6, 6.07) is 12.4. The number of anilines is 2. The molecule has 2 rings (SSSR count). The smallest absolute Gasteiger partial charge is 0.253 e. The molecule has 6 nitrogen and oxygen atoms in total. The lowest BCUT2D eigenvalue weighted by atomic mass is 10.1. The second-order valence-corrected chi connectivity index (χ2v) is 8.25. The lowest BCUT2D eigenvalue weighted by molar-refractivity contribution is 0.0951. The minimum atomic E-state index is -3.43. The van der Waals surface area contributed by atoms with Gasteiger partial charge < -0.3 is 10.2 Å². The third-order valence-corrected chi connectivity index (χ3v) is 4.97. The number of hydrogen-bond acceptors (Lipinski definition) is 4. The predicted molar refractivity (Wildman–Crippen MR) is 111 cm³/mol. The van der Waals surface area contributed by atoms with E-state index < -0.39 is 10.0 Å². The van der Waals surface area contributed by atoms with Gasteiger partial charge in [0.15, 0.2) is 0 Å². The van der Waals surface area contributed by atoms with Crippen LogP contribution in [0, 0.1) is 0 Å². The van der Waals surface area contributed by atoms with E-state index in [9.17, 15) is 13.2 Å². The van der Waals surface area contributed by atoms with Gasteiger partial charge in [-0.1, -0.05) is 23.7 Å². The number of nitrogens with one attached hydrogen (secondary N) is 2. The van der Waals surface area contributed by atoms with E-state index in [2.05, 4.69) is 28.8 Å². The molecule has 0 aliphatic carbocycles. The minimum Gasteiger partial charge on any atom is -0.372 e. The highest BCUT2D eigenvalue weighted by Gasteiger charge is 2.13. The number of halogens is 1. The Morgan fingerprint density at radius 1 is 1.07 bits per heavy atom. The van der Waals surface area contributed by atoms with Gasteiger partial charge in [0.25, 0.3) is 5.91 Å². The number of benzene rings is 2. The van der Waals surface area contributed by atoms with Gasteiger partial charge >= 0.3 is 0 Å². The van der Waals surface area contributed by atoms with Gasteiger partial charge in [-0.2, -0.15) is 0 Å². The third kappa shape index (κ3) is 6.15. The number of amides is 1. The molecular formula is C19H24ClN3O3S. The molecule has 0 fully saturated rings. The molecule has 0 heterocycles. The lowest BCUT2D eigenvalue weighted by Crippen LogP contribution is -2.24. The third-order valence-electron chi connectivity index (χ3n) is 4.03. The standard InChI is InChI=1S/C19H24ClN3O3S/c1-4-23(5-2)16-9-6-14(7-10-16)13-21-19(24)17-12-15(8-11-18(17)20)22-27(3,25)26/h6-12,22H,4-5,13H2,1-3H3,(H,21,24). The van der Waals surface area contributed by atoms with Crippen LogP contribution in [0.1, 0.15) is 29.8 Å². The molecule has 2 aromatic rings. The fourth-order valence-electron chi connectivity index (χ4n) is 2.67. The van der Waals surface area contributed by atoms with Gasteiger partial charge in [-0.15, -0.1) is 0 Å². The fraction of sp³-hybridized carbons (Fsp3) is 0.316. The number of rotatable bonds is 8. The van der Waals surface area contributed by atoms with Crippen molar-refractivity contribution in [2.75, 3.05) is 29.0 Å². The quantitative estimate of drug-likeness (QED) is 0.699. The van der Waals surface area contributed by atoms with Gasteiger partial charge in [-0.25, -0.2) is 8.42 Å². The summed E-state index contributed by atoms with van der Waals surface area (Å²) in [7, 11) is -3.43. The zero-order valence-corrected chi connectivity index (χ0v) is 17.2. The van der Waals surface area contributed by atoms with Crippen molar-refractivity contribution in [2.24, 2.45) is 0 Å². The lowest BCUT2D eigenvalue weighted by Gasteiger charge is -2.21. The molecule has 0 unspecified atom stereocenters. The van der Waals surface area contributed by atoms with Gasteiger partial charge in [-0.05, 0) is 49.7 Å². The molecule has 0 aliphatic heterocycles. The van der Waals surface area contributed by atoms with Gasteiger partial charge in [0.05, 0.1) is 16.8 Å². The Labute approximate surface area is 165 Å². The molecule has 1 amide bonds. The molecule has 8 heteroatoms. The first kappa shape index (κ1) is 21.1.